The number of aromatic amines is 1. The number of nitrogens with zero attached hydrogens (tertiary/aromatic N) is 3. The highest BCUT2D eigenvalue weighted by Gasteiger charge is 2.35. The molecule has 1 aromatic heterocycles. The first kappa shape index (κ1) is 23.5. The highest BCUT2D eigenvalue weighted by molar-refractivity contribution is 5.82. The van der Waals surface area contributed by atoms with Crippen molar-refractivity contribution in [1.82, 2.24) is 19.8 Å². The van der Waals surface area contributed by atoms with E-state index in [1.54, 1.807) is 12.1 Å². The van der Waals surface area contributed by atoms with Crippen LogP contribution in [0.4, 0.5) is 9.18 Å². The molecule has 1 N–H and O–H groups in total. The Bertz CT molecular complexity index is 1470. The summed E-state index contributed by atoms with van der Waals surface area (Å²) in [6.45, 7) is 6.94. The first-order valence-electron chi connectivity index (χ1n) is 12.9. The maximum Gasteiger partial charge on any atom is 0.320 e. The van der Waals surface area contributed by atoms with E-state index in [9.17, 15) is 9.18 Å². The van der Waals surface area contributed by atoms with Crippen molar-refractivity contribution >= 4 is 17.1 Å². The van der Waals surface area contributed by atoms with E-state index in [0.717, 1.165) is 57.7 Å². The summed E-state index contributed by atoms with van der Waals surface area (Å²) in [6, 6.07) is 19.3. The largest absolute Gasteiger partial charge is 0.491 e. The maximum atomic E-state index is 13.8. The van der Waals surface area contributed by atoms with E-state index in [1.165, 1.54) is 6.07 Å². The van der Waals surface area contributed by atoms with E-state index in [-0.39, 0.29) is 17.3 Å². The lowest BCUT2D eigenvalue weighted by atomic mass is 9.74. The van der Waals surface area contributed by atoms with Crippen LogP contribution >= 0.6 is 0 Å². The molecule has 4 aromatic rings. The number of hydrogen-bond acceptors (Lipinski definition) is 3. The minimum absolute atomic E-state index is 0.0394. The fourth-order valence-corrected chi connectivity index (χ4v) is 5.60. The maximum absolute atomic E-state index is 13.8. The number of hydrogen-bond donors (Lipinski definition) is 1. The summed E-state index contributed by atoms with van der Waals surface area (Å²) in [5.41, 5.74) is 6.01. The number of rotatable bonds is 2. The lowest BCUT2D eigenvalue weighted by Crippen LogP contribution is -2.49. The van der Waals surface area contributed by atoms with E-state index >= 15 is 0 Å². The molecule has 0 saturated carbocycles. The standard InChI is InChI=1S/C30H31FN4O2/c1-20-32-26-8-6-22(17-27(26)33-20)21-7-9-28-23(16-21)19-35(14-15-37-28)29(36)34-12-10-30(2,11-13-34)24-4-3-5-25(31)18-24/h3-9,16-18H,10-15,19H2,1-2H3,(H,32,33). The summed E-state index contributed by atoms with van der Waals surface area (Å²) in [6.07, 6.45) is 1.62. The predicted octanol–water partition coefficient (Wildman–Crippen LogP) is 6.05. The van der Waals surface area contributed by atoms with Crippen LogP contribution in [0.1, 0.15) is 36.7 Å². The van der Waals surface area contributed by atoms with Crippen molar-refractivity contribution in [2.45, 2.75) is 38.6 Å². The Morgan fingerprint density at radius 2 is 1.78 bits per heavy atom. The first-order chi connectivity index (χ1) is 17.9. The van der Waals surface area contributed by atoms with E-state index in [1.807, 2.05) is 34.9 Å². The number of piperidine rings is 1. The molecule has 1 fully saturated rings. The number of urea groups is 1. The van der Waals surface area contributed by atoms with Crippen LogP contribution in [0.2, 0.25) is 0 Å². The molecule has 2 aliphatic heterocycles. The average molecular weight is 499 g/mol. The van der Waals surface area contributed by atoms with Crippen LogP contribution in [0.3, 0.4) is 0 Å². The number of halogens is 1. The fraction of sp³-hybridized carbons (Fsp3) is 0.333. The molecule has 0 spiro atoms. The van der Waals surface area contributed by atoms with Crippen molar-refractivity contribution in [1.29, 1.82) is 0 Å². The molecule has 6 rings (SSSR count). The number of likely N-dealkylation sites (tertiary alicyclic amines) is 1. The lowest BCUT2D eigenvalue weighted by molar-refractivity contribution is 0.122. The van der Waals surface area contributed by atoms with Crippen molar-refractivity contribution in [2.24, 2.45) is 0 Å². The summed E-state index contributed by atoms with van der Waals surface area (Å²) in [7, 11) is 0. The van der Waals surface area contributed by atoms with Crippen molar-refractivity contribution < 1.29 is 13.9 Å². The second kappa shape index (κ2) is 9.21. The number of nitrogens with one attached hydrogen (secondary N) is 1. The second-order valence-corrected chi connectivity index (χ2v) is 10.5. The third-order valence-corrected chi connectivity index (χ3v) is 7.90. The third kappa shape index (κ3) is 4.54. The quantitative estimate of drug-likeness (QED) is 0.366. The molecule has 190 valence electrons. The molecule has 7 heteroatoms. The number of carbonyl (C=O) groups is 1. The van der Waals surface area contributed by atoms with Crippen molar-refractivity contribution in [3.8, 4) is 16.9 Å². The highest BCUT2D eigenvalue weighted by atomic mass is 19.1. The van der Waals surface area contributed by atoms with Crippen molar-refractivity contribution in [3.63, 3.8) is 0 Å². The number of imidazole rings is 1. The molecule has 0 aliphatic carbocycles. The Hall–Kier alpha value is -3.87. The minimum Gasteiger partial charge on any atom is -0.491 e. The van der Waals surface area contributed by atoms with Gasteiger partial charge in [0.05, 0.1) is 24.1 Å². The number of fused-ring (bicyclic) bond motifs is 2. The zero-order valence-electron chi connectivity index (χ0n) is 21.3. The van der Waals surface area contributed by atoms with E-state index in [0.29, 0.717) is 32.8 Å². The number of amides is 2. The van der Waals surface area contributed by atoms with Gasteiger partial charge >= 0.3 is 6.03 Å². The molecular weight excluding hydrogens is 467 g/mol. The molecule has 3 heterocycles. The van der Waals surface area contributed by atoms with Crippen LogP contribution in [0, 0.1) is 12.7 Å². The number of carbonyl (C=O) groups excluding carboxylic acids is 1. The topological polar surface area (TPSA) is 61.5 Å². The highest BCUT2D eigenvalue weighted by Crippen LogP contribution is 2.36. The predicted molar refractivity (Wildman–Crippen MR) is 142 cm³/mol. The van der Waals surface area contributed by atoms with Gasteiger partial charge in [-0.3, -0.25) is 0 Å². The van der Waals surface area contributed by atoms with Gasteiger partial charge in [0.25, 0.3) is 0 Å². The molecule has 0 atom stereocenters. The van der Waals surface area contributed by atoms with Gasteiger partial charge in [-0.1, -0.05) is 31.2 Å². The van der Waals surface area contributed by atoms with E-state index in [2.05, 4.69) is 41.2 Å². The van der Waals surface area contributed by atoms with Crippen molar-refractivity contribution in [2.75, 3.05) is 26.2 Å². The molecule has 37 heavy (non-hydrogen) atoms. The van der Waals surface area contributed by atoms with Crippen LogP contribution in [0.25, 0.3) is 22.2 Å². The molecule has 2 aliphatic rings. The second-order valence-electron chi connectivity index (χ2n) is 10.5. The van der Waals surface area contributed by atoms with Crippen LogP contribution < -0.4 is 4.74 Å². The first-order valence-corrected chi connectivity index (χ1v) is 12.9. The molecular formula is C30H31FN4O2. The Kier molecular flexibility index (Phi) is 5.86. The average Bonchev–Trinajstić information content (AvgIpc) is 3.14. The summed E-state index contributed by atoms with van der Waals surface area (Å²) < 4.78 is 19.8. The van der Waals surface area contributed by atoms with Gasteiger partial charge < -0.3 is 19.5 Å². The van der Waals surface area contributed by atoms with E-state index in [4.69, 9.17) is 4.74 Å². The zero-order chi connectivity index (χ0) is 25.6. The normalized spacial score (nSPS) is 17.3. The molecule has 0 radical (unpaired) electrons. The van der Waals surface area contributed by atoms with Gasteiger partial charge in [0.2, 0.25) is 0 Å². The van der Waals surface area contributed by atoms with Gasteiger partial charge in [0.15, 0.2) is 0 Å². The molecule has 1 saturated heterocycles. The molecule has 0 unspecified atom stereocenters. The number of aryl methyl sites for hydroxylation is 1. The van der Waals surface area contributed by atoms with Gasteiger partial charge in [-0.05, 0) is 78.3 Å². The van der Waals surface area contributed by atoms with Crippen molar-refractivity contribution in [3.05, 3.63) is 83.4 Å². The number of ether oxygens (including phenoxy) is 1. The summed E-state index contributed by atoms with van der Waals surface area (Å²) >= 11 is 0. The van der Waals surface area contributed by atoms with Gasteiger partial charge in [-0.25, -0.2) is 14.2 Å². The van der Waals surface area contributed by atoms with Gasteiger partial charge in [-0.15, -0.1) is 0 Å². The molecule has 6 nitrogen and oxygen atoms in total. The number of aromatic nitrogens is 2. The van der Waals surface area contributed by atoms with Gasteiger partial charge in [0.1, 0.15) is 24.0 Å². The zero-order valence-corrected chi connectivity index (χ0v) is 21.3. The SMILES string of the molecule is Cc1nc2ccc(-c3ccc4c(c3)CN(C(=O)N3CCC(C)(c5cccc(F)c5)CC3)CCO4)cc2[nH]1. The van der Waals surface area contributed by atoms with Gasteiger partial charge in [-0.2, -0.15) is 0 Å². The summed E-state index contributed by atoms with van der Waals surface area (Å²) in [5.74, 6) is 1.51. The monoisotopic (exact) mass is 498 g/mol. The Labute approximate surface area is 216 Å². The Morgan fingerprint density at radius 3 is 2.59 bits per heavy atom. The van der Waals surface area contributed by atoms with E-state index < -0.39 is 0 Å². The number of H-pyrrole nitrogens is 1. The molecule has 3 aromatic carbocycles. The Morgan fingerprint density at radius 1 is 1.00 bits per heavy atom. The van der Waals surface area contributed by atoms with Crippen LogP contribution in [-0.2, 0) is 12.0 Å². The molecule has 0 bridgehead atoms. The third-order valence-electron chi connectivity index (χ3n) is 7.90. The van der Waals surface area contributed by atoms with Crippen LogP contribution in [-0.4, -0.2) is 52.0 Å². The lowest BCUT2D eigenvalue weighted by Gasteiger charge is -2.41. The van der Waals surface area contributed by atoms with Crippen LogP contribution in [0.5, 0.6) is 5.75 Å². The smallest absolute Gasteiger partial charge is 0.320 e. The fourth-order valence-electron chi connectivity index (χ4n) is 5.60. The molecule has 2 amide bonds. The Balaban J connectivity index is 1.18. The summed E-state index contributed by atoms with van der Waals surface area (Å²) in [5, 5.41) is 0. The minimum atomic E-state index is -0.209. The van der Waals surface area contributed by atoms with Crippen LogP contribution in [0.15, 0.2) is 60.7 Å². The summed E-state index contributed by atoms with van der Waals surface area (Å²) in [4.78, 5) is 25.2. The number of benzene rings is 3. The van der Waals surface area contributed by atoms with Gasteiger partial charge in [0, 0.05) is 18.7 Å².